The Bertz CT molecular complexity index is 1210. The van der Waals surface area contributed by atoms with Gasteiger partial charge in [-0.25, -0.2) is 8.78 Å². The fraction of sp³-hybridized carbons (Fsp3) is 0.455. The lowest BCUT2D eigenvalue weighted by molar-refractivity contribution is -0.123. The summed E-state index contributed by atoms with van der Waals surface area (Å²) in [6, 6.07) is 3.82. The molecule has 1 N–H and O–H groups in total. The highest BCUT2D eigenvalue weighted by Gasteiger charge is 2.54. The SMILES string of the molecule is CN1CCCc2c1nc(N1CCC3(CC1)C(=O)N(CC#N)c1cc(F)cc(F)c13)[nH]c2=O. The van der Waals surface area contributed by atoms with E-state index < -0.39 is 17.0 Å². The smallest absolute Gasteiger partial charge is 0.257 e. The number of halogens is 2. The van der Waals surface area contributed by atoms with Crippen LogP contribution < -0.4 is 20.3 Å². The van der Waals surface area contributed by atoms with Gasteiger partial charge in [0.2, 0.25) is 11.9 Å². The Kier molecular flexibility index (Phi) is 4.65. The second-order valence-electron chi connectivity index (χ2n) is 8.62. The van der Waals surface area contributed by atoms with Crippen molar-refractivity contribution >= 4 is 23.4 Å². The van der Waals surface area contributed by atoms with Gasteiger partial charge in [0.05, 0.1) is 22.7 Å². The zero-order valence-electron chi connectivity index (χ0n) is 17.6. The first-order valence-electron chi connectivity index (χ1n) is 10.6. The molecule has 1 spiro atoms. The number of aromatic amines is 1. The first kappa shape index (κ1) is 20.4. The molecular weight excluding hydrogens is 418 g/mol. The number of rotatable bonds is 2. The monoisotopic (exact) mass is 440 g/mol. The van der Waals surface area contributed by atoms with Crippen LogP contribution in [0.3, 0.4) is 0 Å². The Hall–Kier alpha value is -3.48. The number of benzene rings is 1. The molecule has 8 nitrogen and oxygen atoms in total. The lowest BCUT2D eigenvalue weighted by Gasteiger charge is -2.39. The number of H-pyrrole nitrogens is 1. The highest BCUT2D eigenvalue weighted by Crippen LogP contribution is 2.49. The predicted molar refractivity (Wildman–Crippen MR) is 114 cm³/mol. The van der Waals surface area contributed by atoms with Crippen LogP contribution in [-0.2, 0) is 16.6 Å². The molecular formula is C22H22F2N6O2. The van der Waals surface area contributed by atoms with Gasteiger partial charge in [-0.2, -0.15) is 10.2 Å². The molecule has 1 aromatic heterocycles. The Morgan fingerprint density at radius 1 is 1.22 bits per heavy atom. The minimum absolute atomic E-state index is 0.129. The van der Waals surface area contributed by atoms with Gasteiger partial charge in [-0.15, -0.1) is 0 Å². The summed E-state index contributed by atoms with van der Waals surface area (Å²) < 4.78 is 28.8. The van der Waals surface area contributed by atoms with E-state index in [1.165, 1.54) is 4.90 Å². The van der Waals surface area contributed by atoms with Gasteiger partial charge in [0.1, 0.15) is 24.0 Å². The molecule has 0 aliphatic carbocycles. The molecule has 5 rings (SSSR count). The molecule has 1 aromatic carbocycles. The molecule has 1 saturated heterocycles. The van der Waals surface area contributed by atoms with Gasteiger partial charge in [-0.1, -0.05) is 0 Å². The van der Waals surface area contributed by atoms with Gasteiger partial charge < -0.3 is 9.80 Å². The van der Waals surface area contributed by atoms with Crippen molar-refractivity contribution in [2.45, 2.75) is 31.1 Å². The van der Waals surface area contributed by atoms with Crippen molar-refractivity contribution in [3.63, 3.8) is 0 Å². The molecule has 0 bridgehead atoms. The van der Waals surface area contributed by atoms with Crippen molar-refractivity contribution in [3.05, 3.63) is 45.2 Å². The van der Waals surface area contributed by atoms with E-state index >= 15 is 0 Å². The van der Waals surface area contributed by atoms with Gasteiger partial charge >= 0.3 is 0 Å². The average molecular weight is 440 g/mol. The molecule has 1 amide bonds. The van der Waals surface area contributed by atoms with E-state index in [1.54, 1.807) is 0 Å². The maximum absolute atomic E-state index is 14.9. The highest BCUT2D eigenvalue weighted by atomic mass is 19.1. The van der Waals surface area contributed by atoms with E-state index in [9.17, 15) is 18.4 Å². The summed E-state index contributed by atoms with van der Waals surface area (Å²) in [7, 11) is 1.90. The third-order valence-electron chi connectivity index (χ3n) is 6.87. The molecule has 0 unspecified atom stereocenters. The van der Waals surface area contributed by atoms with Crippen molar-refractivity contribution < 1.29 is 13.6 Å². The van der Waals surface area contributed by atoms with Crippen molar-refractivity contribution in [1.82, 2.24) is 9.97 Å². The standard InChI is InChI=1S/C22H22F2N6O2/c1-28-7-2-3-14-18(28)26-21(27-19(14)31)29-8-4-22(5-9-29)17-15(24)11-13(23)12-16(17)30(10-6-25)20(22)32/h11-12H,2-5,7-10H2,1H3,(H,26,27,31). The lowest BCUT2D eigenvalue weighted by atomic mass is 9.73. The van der Waals surface area contributed by atoms with E-state index in [1.807, 2.05) is 22.9 Å². The van der Waals surface area contributed by atoms with Gasteiger partial charge in [0, 0.05) is 38.3 Å². The minimum Gasteiger partial charge on any atom is -0.359 e. The fourth-order valence-electron chi connectivity index (χ4n) is 5.28. The third-order valence-corrected chi connectivity index (χ3v) is 6.87. The number of carbonyl (C=O) groups excluding carboxylic acids is 1. The topological polar surface area (TPSA) is 96.3 Å². The first-order valence-corrected chi connectivity index (χ1v) is 10.6. The van der Waals surface area contributed by atoms with E-state index in [0.29, 0.717) is 36.8 Å². The van der Waals surface area contributed by atoms with Crippen LogP contribution >= 0.6 is 0 Å². The summed E-state index contributed by atoms with van der Waals surface area (Å²) in [5, 5.41) is 9.14. The first-order chi connectivity index (χ1) is 15.4. The number of piperidine rings is 1. The molecule has 0 atom stereocenters. The molecule has 32 heavy (non-hydrogen) atoms. The van der Waals surface area contributed by atoms with Crippen molar-refractivity contribution in [3.8, 4) is 6.07 Å². The van der Waals surface area contributed by atoms with Gasteiger partial charge in [0.15, 0.2) is 0 Å². The molecule has 4 heterocycles. The van der Waals surface area contributed by atoms with Crippen molar-refractivity contribution in [2.24, 2.45) is 0 Å². The van der Waals surface area contributed by atoms with Crippen LogP contribution in [0.25, 0.3) is 0 Å². The van der Waals surface area contributed by atoms with Gasteiger partial charge in [-0.3, -0.25) is 19.5 Å². The maximum Gasteiger partial charge on any atom is 0.257 e. The molecule has 10 heteroatoms. The van der Waals surface area contributed by atoms with Crippen LogP contribution in [0.1, 0.15) is 30.4 Å². The van der Waals surface area contributed by atoms with Crippen LogP contribution in [0.2, 0.25) is 0 Å². The molecule has 1 fully saturated rings. The largest absolute Gasteiger partial charge is 0.359 e. The highest BCUT2D eigenvalue weighted by molar-refractivity contribution is 6.08. The number of fused-ring (bicyclic) bond motifs is 3. The third kappa shape index (κ3) is 2.87. The number of hydrogen-bond donors (Lipinski definition) is 1. The van der Waals surface area contributed by atoms with E-state index in [2.05, 4.69) is 9.97 Å². The molecule has 3 aliphatic heterocycles. The molecule has 2 aromatic rings. The van der Waals surface area contributed by atoms with Crippen LogP contribution in [-0.4, -0.2) is 49.1 Å². The predicted octanol–water partition coefficient (Wildman–Crippen LogP) is 1.84. The summed E-state index contributed by atoms with van der Waals surface area (Å²) in [5.41, 5.74) is -0.367. The number of nitriles is 1. The normalized spacial score (nSPS) is 19.2. The second-order valence-corrected chi connectivity index (χ2v) is 8.62. The molecule has 166 valence electrons. The Morgan fingerprint density at radius 3 is 2.69 bits per heavy atom. The Morgan fingerprint density at radius 2 is 1.97 bits per heavy atom. The fourth-order valence-corrected chi connectivity index (χ4v) is 5.28. The second kappa shape index (κ2) is 7.29. The molecule has 3 aliphatic rings. The summed E-state index contributed by atoms with van der Waals surface area (Å²) in [5.74, 6) is -0.851. The number of nitrogens with one attached hydrogen (secondary N) is 1. The van der Waals surface area contributed by atoms with Crippen LogP contribution in [0.15, 0.2) is 16.9 Å². The Balaban J connectivity index is 1.48. The van der Waals surface area contributed by atoms with Crippen LogP contribution in [0.4, 0.5) is 26.2 Å². The number of amides is 1. The van der Waals surface area contributed by atoms with E-state index in [4.69, 9.17) is 5.26 Å². The summed E-state index contributed by atoms with van der Waals surface area (Å²) in [6.45, 7) is 1.26. The zero-order valence-corrected chi connectivity index (χ0v) is 17.6. The van der Waals surface area contributed by atoms with Gasteiger partial charge in [0.25, 0.3) is 5.56 Å². The quantitative estimate of drug-likeness (QED) is 0.716. The van der Waals surface area contributed by atoms with Gasteiger partial charge in [-0.05, 0) is 31.7 Å². The Labute approximate surface area is 183 Å². The number of carbonyl (C=O) groups is 1. The molecule has 0 saturated carbocycles. The van der Waals surface area contributed by atoms with Crippen molar-refractivity contribution in [2.75, 3.05) is 47.9 Å². The van der Waals surface area contributed by atoms with Crippen LogP contribution in [0.5, 0.6) is 0 Å². The van der Waals surface area contributed by atoms with E-state index in [0.717, 1.165) is 25.1 Å². The summed E-state index contributed by atoms with van der Waals surface area (Å²) in [6.07, 6.45) is 2.11. The summed E-state index contributed by atoms with van der Waals surface area (Å²) >= 11 is 0. The number of anilines is 3. The average Bonchev–Trinajstić information content (AvgIpc) is 2.98. The molecule has 0 radical (unpaired) electrons. The maximum atomic E-state index is 14.9. The zero-order chi connectivity index (χ0) is 22.6. The van der Waals surface area contributed by atoms with Crippen LogP contribution in [0, 0.1) is 23.0 Å². The summed E-state index contributed by atoms with van der Waals surface area (Å²) in [4.78, 5) is 38.5. The minimum atomic E-state index is -1.16. The van der Waals surface area contributed by atoms with E-state index in [-0.39, 0.29) is 42.1 Å². The number of aromatic nitrogens is 2. The number of nitrogens with zero attached hydrogens (tertiary/aromatic N) is 5. The van der Waals surface area contributed by atoms with Crippen molar-refractivity contribution in [1.29, 1.82) is 5.26 Å². The number of hydrogen-bond acceptors (Lipinski definition) is 6. The lowest BCUT2D eigenvalue weighted by Crippen LogP contribution is -2.49.